The van der Waals surface area contributed by atoms with Gasteiger partial charge in [-0.1, -0.05) is 217 Å². The van der Waals surface area contributed by atoms with Crippen molar-refractivity contribution in [2.45, 2.75) is 194 Å². The van der Waals surface area contributed by atoms with Gasteiger partial charge in [-0.05, 0) is 122 Å². The minimum Gasteiger partial charge on any atom is -0.462 e. The highest BCUT2D eigenvalue weighted by Crippen LogP contribution is 2.10. The van der Waals surface area contributed by atoms with E-state index in [-0.39, 0.29) is 38.0 Å². The number of carbonyl (C=O) groups is 3. The molecule has 0 aromatic rings. The zero-order chi connectivity index (χ0) is 50.0. The van der Waals surface area contributed by atoms with Crippen LogP contribution in [-0.4, -0.2) is 37.2 Å². The fourth-order valence-corrected chi connectivity index (χ4v) is 6.31. The molecule has 6 nitrogen and oxygen atoms in total. The van der Waals surface area contributed by atoms with Crippen molar-refractivity contribution in [2.75, 3.05) is 13.2 Å². The SMILES string of the molecule is CC/C=C\C/C=C\C/C=C\C/C=C\C/C=C\C/C=C\C/C=C\CCCC(=O)OCC(COC(=O)CCCCCCC/C=C\C/C=C\CCC)OC(=O)C/C=C\C/C=C\C/C=C\C/C=C\C/C=C\CC. The van der Waals surface area contributed by atoms with Crippen molar-refractivity contribution >= 4 is 17.9 Å². The Morgan fingerprint density at radius 2 is 0.623 bits per heavy atom. The zero-order valence-electron chi connectivity index (χ0n) is 43.5. The van der Waals surface area contributed by atoms with E-state index in [0.717, 1.165) is 128 Å². The van der Waals surface area contributed by atoms with Crippen molar-refractivity contribution in [3.63, 3.8) is 0 Å². The Labute approximate surface area is 422 Å². The normalized spacial score (nSPS) is 13.5. The molecule has 0 spiro atoms. The number of hydrogen-bond acceptors (Lipinski definition) is 6. The van der Waals surface area contributed by atoms with E-state index in [1.807, 2.05) is 6.08 Å². The van der Waals surface area contributed by atoms with Crippen LogP contribution in [0, 0.1) is 0 Å². The third-order valence-electron chi connectivity index (χ3n) is 10.2. The van der Waals surface area contributed by atoms with E-state index >= 15 is 0 Å². The molecule has 0 saturated carbocycles. The van der Waals surface area contributed by atoms with Gasteiger partial charge in [0.1, 0.15) is 13.2 Å². The predicted octanol–water partition coefficient (Wildman–Crippen LogP) is 18.0. The monoisotopic (exact) mass is 947 g/mol. The maximum atomic E-state index is 12.7. The molecule has 0 amide bonds. The van der Waals surface area contributed by atoms with Crippen molar-refractivity contribution in [1.82, 2.24) is 0 Å². The van der Waals surface area contributed by atoms with E-state index in [2.05, 4.69) is 179 Å². The predicted molar refractivity (Wildman–Crippen MR) is 297 cm³/mol. The van der Waals surface area contributed by atoms with Crippen LogP contribution in [0.15, 0.2) is 170 Å². The largest absolute Gasteiger partial charge is 0.462 e. The molecule has 69 heavy (non-hydrogen) atoms. The molecular formula is C63H94O6. The first-order valence-electron chi connectivity index (χ1n) is 26.6. The molecule has 0 N–H and O–H groups in total. The Bertz CT molecular complexity index is 1650. The smallest absolute Gasteiger partial charge is 0.310 e. The van der Waals surface area contributed by atoms with Gasteiger partial charge in [0.15, 0.2) is 6.10 Å². The average molecular weight is 947 g/mol. The van der Waals surface area contributed by atoms with Gasteiger partial charge in [-0.15, -0.1) is 0 Å². The lowest BCUT2D eigenvalue weighted by Crippen LogP contribution is -2.30. The first kappa shape index (κ1) is 63.8. The van der Waals surface area contributed by atoms with Crippen molar-refractivity contribution in [3.05, 3.63) is 170 Å². The molecule has 0 aliphatic carbocycles. The second-order valence-electron chi connectivity index (χ2n) is 16.7. The van der Waals surface area contributed by atoms with Gasteiger partial charge in [-0.25, -0.2) is 0 Å². The summed E-state index contributed by atoms with van der Waals surface area (Å²) in [6, 6.07) is 0. The van der Waals surface area contributed by atoms with Gasteiger partial charge in [0.2, 0.25) is 0 Å². The third-order valence-corrected chi connectivity index (χ3v) is 10.2. The van der Waals surface area contributed by atoms with Gasteiger partial charge in [0.05, 0.1) is 6.42 Å². The molecule has 0 bridgehead atoms. The molecule has 0 saturated heterocycles. The molecule has 0 fully saturated rings. The summed E-state index contributed by atoms with van der Waals surface area (Å²) in [5.41, 5.74) is 0. The summed E-state index contributed by atoms with van der Waals surface area (Å²) in [6.07, 6.45) is 82.3. The Balaban J connectivity index is 4.62. The summed E-state index contributed by atoms with van der Waals surface area (Å²) in [7, 11) is 0. The lowest BCUT2D eigenvalue weighted by Gasteiger charge is -2.18. The molecule has 0 rings (SSSR count). The summed E-state index contributed by atoms with van der Waals surface area (Å²) in [6.45, 7) is 6.16. The fraction of sp³-hybridized carbons (Fsp3) is 0.508. The average Bonchev–Trinajstić information content (AvgIpc) is 3.35. The number of allylic oxidation sites excluding steroid dienone is 27. The quantitative estimate of drug-likeness (QED) is 0.0262. The van der Waals surface area contributed by atoms with Crippen molar-refractivity contribution in [3.8, 4) is 0 Å². The number of carbonyl (C=O) groups excluding carboxylic acids is 3. The standard InChI is InChI=1S/C63H94O6/c1-4-7-10-13-16-19-22-25-27-28-29-30-31-32-33-34-36-38-41-44-47-50-53-56-62(65)68-59-60(58-67-61(64)55-52-49-46-43-40-37-24-21-18-15-12-9-6-3)69-63(66)57-54-51-48-45-42-39-35-26-23-20-17-14-11-8-5-2/h7-8,10-12,15-17,19-21,24-27,29-30,32-33,35-36,38,42,44-45,47,51,54,60H,4-6,9,13-14,18,22-23,28,31,34,37,39-41,43,46,48-50,52-53,55-59H2,1-3H3/b10-7-,11-8-,15-12-,19-16-,20-17-,24-21-,27-25-,30-29-,33-32-,35-26-,38-36-,45-42-,47-44-,54-51-. The van der Waals surface area contributed by atoms with Gasteiger partial charge < -0.3 is 14.2 Å². The van der Waals surface area contributed by atoms with Crippen LogP contribution in [0.2, 0.25) is 0 Å². The van der Waals surface area contributed by atoms with E-state index in [1.54, 1.807) is 6.08 Å². The van der Waals surface area contributed by atoms with E-state index < -0.39 is 12.1 Å². The third kappa shape index (κ3) is 53.6. The van der Waals surface area contributed by atoms with Crippen LogP contribution in [0.5, 0.6) is 0 Å². The van der Waals surface area contributed by atoms with Crippen LogP contribution < -0.4 is 0 Å². The molecule has 1 atom stereocenters. The Morgan fingerprint density at radius 1 is 0.319 bits per heavy atom. The summed E-state index contributed by atoms with van der Waals surface area (Å²) >= 11 is 0. The van der Waals surface area contributed by atoms with Crippen LogP contribution in [0.1, 0.15) is 188 Å². The molecule has 0 aliphatic heterocycles. The summed E-state index contributed by atoms with van der Waals surface area (Å²) < 4.78 is 16.6. The highest BCUT2D eigenvalue weighted by atomic mass is 16.6. The molecule has 382 valence electrons. The lowest BCUT2D eigenvalue weighted by atomic mass is 10.1. The van der Waals surface area contributed by atoms with Gasteiger partial charge in [-0.3, -0.25) is 14.4 Å². The molecule has 1 unspecified atom stereocenters. The molecule has 0 aromatic carbocycles. The molecular weight excluding hydrogens is 853 g/mol. The highest BCUT2D eigenvalue weighted by Gasteiger charge is 2.19. The topological polar surface area (TPSA) is 78.9 Å². The number of unbranched alkanes of at least 4 members (excludes halogenated alkanes) is 7. The Morgan fingerprint density at radius 3 is 1.01 bits per heavy atom. The summed E-state index contributed by atoms with van der Waals surface area (Å²) in [5, 5.41) is 0. The highest BCUT2D eigenvalue weighted by molar-refractivity contribution is 5.72. The van der Waals surface area contributed by atoms with Crippen molar-refractivity contribution < 1.29 is 28.6 Å². The number of esters is 3. The van der Waals surface area contributed by atoms with Crippen molar-refractivity contribution in [2.24, 2.45) is 0 Å². The second-order valence-corrected chi connectivity index (χ2v) is 16.7. The lowest BCUT2D eigenvalue weighted by molar-refractivity contribution is -0.166. The van der Waals surface area contributed by atoms with E-state index in [4.69, 9.17) is 14.2 Å². The molecule has 6 heteroatoms. The van der Waals surface area contributed by atoms with Crippen LogP contribution in [0.4, 0.5) is 0 Å². The van der Waals surface area contributed by atoms with Gasteiger partial charge in [0, 0.05) is 12.8 Å². The van der Waals surface area contributed by atoms with Gasteiger partial charge >= 0.3 is 17.9 Å². The molecule has 0 aromatic heterocycles. The van der Waals surface area contributed by atoms with E-state index in [0.29, 0.717) is 19.3 Å². The van der Waals surface area contributed by atoms with Crippen molar-refractivity contribution in [1.29, 1.82) is 0 Å². The Kier molecular flexibility index (Phi) is 51.2. The van der Waals surface area contributed by atoms with Gasteiger partial charge in [-0.2, -0.15) is 0 Å². The molecule has 0 heterocycles. The van der Waals surface area contributed by atoms with E-state index in [1.165, 1.54) is 6.42 Å². The van der Waals surface area contributed by atoms with Crippen LogP contribution in [0.3, 0.4) is 0 Å². The Hall–Kier alpha value is -5.23. The summed E-state index contributed by atoms with van der Waals surface area (Å²) in [5.74, 6) is -1.17. The van der Waals surface area contributed by atoms with Crippen LogP contribution in [0.25, 0.3) is 0 Å². The minimum atomic E-state index is -0.871. The number of rotatable bonds is 45. The first-order valence-corrected chi connectivity index (χ1v) is 26.6. The number of ether oxygens (including phenoxy) is 3. The van der Waals surface area contributed by atoms with Crippen LogP contribution in [-0.2, 0) is 28.6 Å². The minimum absolute atomic E-state index is 0.0720. The zero-order valence-corrected chi connectivity index (χ0v) is 43.5. The molecule has 0 aliphatic rings. The number of hydrogen-bond donors (Lipinski definition) is 0. The maximum Gasteiger partial charge on any atom is 0.310 e. The molecule has 0 radical (unpaired) electrons. The second kappa shape index (κ2) is 55.4. The first-order chi connectivity index (χ1) is 34.0. The summed E-state index contributed by atoms with van der Waals surface area (Å²) in [4.78, 5) is 37.9. The maximum absolute atomic E-state index is 12.7. The fourth-order valence-electron chi connectivity index (χ4n) is 6.31. The van der Waals surface area contributed by atoms with Gasteiger partial charge in [0.25, 0.3) is 0 Å². The van der Waals surface area contributed by atoms with E-state index in [9.17, 15) is 14.4 Å². The van der Waals surface area contributed by atoms with Crippen LogP contribution >= 0.6 is 0 Å².